The number of benzene rings is 2. The number of pyridine rings is 1. The van der Waals surface area contributed by atoms with Crippen LogP contribution in [0.15, 0.2) is 66.4 Å². The van der Waals surface area contributed by atoms with E-state index in [-0.39, 0.29) is 5.41 Å². The van der Waals surface area contributed by atoms with Gasteiger partial charge in [-0.2, -0.15) is 0 Å². The fraction of sp³-hybridized carbons (Fsp3) is 0.424. The van der Waals surface area contributed by atoms with Crippen molar-refractivity contribution >= 4 is 17.2 Å². The molecule has 2 heterocycles. The summed E-state index contributed by atoms with van der Waals surface area (Å²) in [5.74, 6) is 0. The average Bonchev–Trinajstić information content (AvgIpc) is 3.05. The van der Waals surface area contributed by atoms with Crippen LogP contribution in [0.1, 0.15) is 80.0 Å². The van der Waals surface area contributed by atoms with Crippen LogP contribution in [0.25, 0.3) is 5.57 Å². The molecular formula is C33H39ClN2. The van der Waals surface area contributed by atoms with Gasteiger partial charge in [-0.15, -0.1) is 0 Å². The van der Waals surface area contributed by atoms with E-state index in [1.807, 2.05) is 12.3 Å². The SMILES string of the molecule is CCCC(C)(C)c1ccc(CCN2CCC(=C3c4ccc(Cl)cc4CCc4cccnc43)CC2)cc1. The van der Waals surface area contributed by atoms with Gasteiger partial charge in [-0.05, 0) is 90.0 Å². The van der Waals surface area contributed by atoms with Crippen molar-refractivity contribution in [3.8, 4) is 0 Å². The molecular weight excluding hydrogens is 460 g/mol. The first-order valence-electron chi connectivity index (χ1n) is 13.7. The largest absolute Gasteiger partial charge is 0.302 e. The summed E-state index contributed by atoms with van der Waals surface area (Å²) < 4.78 is 0. The topological polar surface area (TPSA) is 16.1 Å². The maximum absolute atomic E-state index is 6.39. The lowest BCUT2D eigenvalue weighted by Crippen LogP contribution is -2.33. The van der Waals surface area contributed by atoms with Gasteiger partial charge in [-0.1, -0.05) is 80.8 Å². The number of aryl methyl sites for hydroxylation is 2. The van der Waals surface area contributed by atoms with E-state index in [1.165, 1.54) is 51.9 Å². The van der Waals surface area contributed by atoms with Gasteiger partial charge in [0.1, 0.15) is 0 Å². The summed E-state index contributed by atoms with van der Waals surface area (Å²) >= 11 is 6.39. The Kier molecular flexibility index (Phi) is 7.65. The highest BCUT2D eigenvalue weighted by atomic mass is 35.5. The molecule has 0 N–H and O–H groups in total. The Morgan fingerprint density at radius 1 is 0.917 bits per heavy atom. The second-order valence-electron chi connectivity index (χ2n) is 11.2. The molecule has 3 aromatic rings. The van der Waals surface area contributed by atoms with E-state index in [1.54, 1.807) is 5.57 Å². The van der Waals surface area contributed by atoms with E-state index in [0.29, 0.717) is 0 Å². The molecule has 2 nitrogen and oxygen atoms in total. The van der Waals surface area contributed by atoms with Crippen LogP contribution in [-0.2, 0) is 24.7 Å². The summed E-state index contributed by atoms with van der Waals surface area (Å²) in [7, 11) is 0. The monoisotopic (exact) mass is 498 g/mol. The van der Waals surface area contributed by atoms with Crippen LogP contribution in [0.3, 0.4) is 0 Å². The fourth-order valence-corrected chi connectivity index (χ4v) is 6.30. The summed E-state index contributed by atoms with van der Waals surface area (Å²) in [4.78, 5) is 7.52. The highest BCUT2D eigenvalue weighted by Crippen LogP contribution is 2.38. The first kappa shape index (κ1) is 25.2. The molecule has 1 fully saturated rings. The normalized spacial score (nSPS) is 16.4. The predicted octanol–water partition coefficient (Wildman–Crippen LogP) is 8.05. The number of hydrogen-bond acceptors (Lipinski definition) is 2. The standard InChI is InChI=1S/C33H39ClN2/c1-4-18-33(2,3)28-11-7-24(8-12-28)15-20-36-21-16-25(17-22-36)31-30-14-13-29(34)23-27(30)10-9-26-6-5-19-35-32(26)31/h5-8,11-14,19,23H,4,9-10,15-18,20-22H2,1-3H3. The minimum absolute atomic E-state index is 0.263. The van der Waals surface area contributed by atoms with Crippen LogP contribution in [-0.4, -0.2) is 29.5 Å². The maximum atomic E-state index is 6.39. The van der Waals surface area contributed by atoms with Crippen molar-refractivity contribution in [2.24, 2.45) is 0 Å². The third kappa shape index (κ3) is 5.45. The number of piperidine rings is 1. The molecule has 188 valence electrons. The van der Waals surface area contributed by atoms with Crippen LogP contribution < -0.4 is 0 Å². The second kappa shape index (κ2) is 10.9. The first-order valence-corrected chi connectivity index (χ1v) is 14.1. The van der Waals surface area contributed by atoms with Crippen molar-refractivity contribution in [3.63, 3.8) is 0 Å². The number of rotatable bonds is 6. The van der Waals surface area contributed by atoms with Gasteiger partial charge in [0.2, 0.25) is 0 Å². The second-order valence-corrected chi connectivity index (χ2v) is 11.7. The van der Waals surface area contributed by atoms with E-state index in [2.05, 4.69) is 74.2 Å². The highest BCUT2D eigenvalue weighted by Gasteiger charge is 2.25. The van der Waals surface area contributed by atoms with E-state index in [4.69, 9.17) is 16.6 Å². The number of likely N-dealkylation sites (tertiary alicyclic amines) is 1. The molecule has 36 heavy (non-hydrogen) atoms. The summed E-state index contributed by atoms with van der Waals surface area (Å²) in [6.07, 6.45) is 9.78. The minimum atomic E-state index is 0.263. The molecule has 0 atom stereocenters. The van der Waals surface area contributed by atoms with Crippen LogP contribution in [0, 0.1) is 0 Å². The molecule has 3 heteroatoms. The predicted molar refractivity (Wildman–Crippen MR) is 153 cm³/mol. The molecule has 1 saturated heterocycles. The quantitative estimate of drug-likeness (QED) is 0.341. The van der Waals surface area contributed by atoms with Gasteiger partial charge in [-0.25, -0.2) is 0 Å². The van der Waals surface area contributed by atoms with Crippen LogP contribution in [0.2, 0.25) is 5.02 Å². The molecule has 2 aliphatic rings. The van der Waals surface area contributed by atoms with Crippen molar-refractivity contribution in [2.45, 2.75) is 71.1 Å². The minimum Gasteiger partial charge on any atom is -0.302 e. The highest BCUT2D eigenvalue weighted by molar-refractivity contribution is 6.30. The fourth-order valence-electron chi connectivity index (χ4n) is 6.11. The van der Waals surface area contributed by atoms with Crippen LogP contribution in [0.4, 0.5) is 0 Å². The molecule has 5 rings (SSSR count). The third-order valence-electron chi connectivity index (χ3n) is 8.27. The molecule has 0 radical (unpaired) electrons. The summed E-state index contributed by atoms with van der Waals surface area (Å²) in [5.41, 5.74) is 11.3. The molecule has 0 amide bonds. The Morgan fingerprint density at radius 3 is 2.42 bits per heavy atom. The maximum Gasteiger partial charge on any atom is 0.0739 e. The molecule has 1 aliphatic heterocycles. The summed E-state index contributed by atoms with van der Waals surface area (Å²) in [6.45, 7) is 10.4. The van der Waals surface area contributed by atoms with Gasteiger partial charge in [0, 0.05) is 36.4 Å². The number of fused-ring (bicyclic) bond motifs is 2. The van der Waals surface area contributed by atoms with E-state index in [9.17, 15) is 0 Å². The summed E-state index contributed by atoms with van der Waals surface area (Å²) in [5, 5.41) is 0.828. The molecule has 0 unspecified atom stereocenters. The van der Waals surface area contributed by atoms with Gasteiger partial charge in [0.25, 0.3) is 0 Å². The Hall–Kier alpha value is -2.42. The smallest absolute Gasteiger partial charge is 0.0739 e. The molecule has 1 aliphatic carbocycles. The lowest BCUT2D eigenvalue weighted by Gasteiger charge is -2.30. The van der Waals surface area contributed by atoms with Gasteiger partial charge < -0.3 is 4.90 Å². The molecule has 2 aromatic carbocycles. The van der Waals surface area contributed by atoms with Crippen molar-refractivity contribution in [2.75, 3.05) is 19.6 Å². The molecule has 0 saturated carbocycles. The number of halogens is 1. The van der Waals surface area contributed by atoms with Crippen molar-refractivity contribution in [1.82, 2.24) is 9.88 Å². The van der Waals surface area contributed by atoms with Crippen molar-refractivity contribution < 1.29 is 0 Å². The van der Waals surface area contributed by atoms with Crippen molar-refractivity contribution in [1.29, 1.82) is 0 Å². The Labute approximate surface area is 222 Å². The molecule has 1 aromatic heterocycles. The number of hydrogen-bond donors (Lipinski definition) is 0. The Balaban J connectivity index is 1.29. The van der Waals surface area contributed by atoms with E-state index >= 15 is 0 Å². The van der Waals surface area contributed by atoms with Crippen LogP contribution in [0.5, 0.6) is 0 Å². The molecule has 0 spiro atoms. The van der Waals surface area contributed by atoms with Gasteiger partial charge >= 0.3 is 0 Å². The number of nitrogens with zero attached hydrogens (tertiary/aromatic N) is 2. The van der Waals surface area contributed by atoms with Gasteiger partial charge in [0.05, 0.1) is 5.69 Å². The van der Waals surface area contributed by atoms with Gasteiger partial charge in [0.15, 0.2) is 0 Å². The first-order chi connectivity index (χ1) is 17.4. The zero-order chi connectivity index (χ0) is 25.1. The zero-order valence-electron chi connectivity index (χ0n) is 22.1. The third-order valence-corrected chi connectivity index (χ3v) is 8.50. The molecule has 0 bridgehead atoms. The average molecular weight is 499 g/mol. The summed E-state index contributed by atoms with van der Waals surface area (Å²) in [6, 6.07) is 20.1. The van der Waals surface area contributed by atoms with E-state index < -0.39 is 0 Å². The van der Waals surface area contributed by atoms with Crippen LogP contribution >= 0.6 is 11.6 Å². The lowest BCUT2D eigenvalue weighted by atomic mass is 9.80. The zero-order valence-corrected chi connectivity index (χ0v) is 22.9. The van der Waals surface area contributed by atoms with Gasteiger partial charge in [-0.3, -0.25) is 4.98 Å². The lowest BCUT2D eigenvalue weighted by molar-refractivity contribution is 0.260. The Bertz CT molecular complexity index is 1230. The van der Waals surface area contributed by atoms with Crippen molar-refractivity contribution in [3.05, 3.63) is 105 Å². The van der Waals surface area contributed by atoms with E-state index in [0.717, 1.165) is 56.8 Å². The Morgan fingerprint density at radius 2 is 1.67 bits per heavy atom. The number of aromatic nitrogens is 1.